The molecule has 5 heteroatoms. The number of halogens is 2. The number of nitrogens with zero attached hydrogens (tertiary/aromatic N) is 1. The van der Waals surface area contributed by atoms with Crippen LogP contribution in [0, 0.1) is 11.6 Å². The predicted molar refractivity (Wildman–Crippen MR) is 68.3 cm³/mol. The van der Waals surface area contributed by atoms with Crippen LogP contribution in [-0.2, 0) is 11.3 Å². The van der Waals surface area contributed by atoms with Crippen molar-refractivity contribution < 1.29 is 18.4 Å². The molecule has 0 radical (unpaired) electrons. The van der Waals surface area contributed by atoms with Crippen molar-refractivity contribution in [3.63, 3.8) is 0 Å². The van der Waals surface area contributed by atoms with Crippen molar-refractivity contribution in [1.29, 1.82) is 0 Å². The van der Waals surface area contributed by atoms with Crippen molar-refractivity contribution in [3.8, 4) is 0 Å². The number of hydrogen-bond donors (Lipinski definition) is 0. The molecular formula is C15H9F2NO2. The van der Waals surface area contributed by atoms with Gasteiger partial charge in [-0.25, -0.2) is 8.78 Å². The summed E-state index contributed by atoms with van der Waals surface area (Å²) in [5, 5.41) is 0. The molecule has 0 spiro atoms. The average molecular weight is 273 g/mol. The van der Waals surface area contributed by atoms with E-state index in [4.69, 9.17) is 0 Å². The summed E-state index contributed by atoms with van der Waals surface area (Å²) >= 11 is 0. The smallest absolute Gasteiger partial charge is 0.299 e. The third-order valence-electron chi connectivity index (χ3n) is 3.16. The van der Waals surface area contributed by atoms with Crippen molar-refractivity contribution in [2.45, 2.75) is 6.54 Å². The molecule has 1 heterocycles. The summed E-state index contributed by atoms with van der Waals surface area (Å²) in [6.07, 6.45) is 0. The van der Waals surface area contributed by atoms with E-state index in [1.807, 2.05) is 0 Å². The highest BCUT2D eigenvalue weighted by atomic mass is 19.1. The lowest BCUT2D eigenvalue weighted by atomic mass is 10.1. The lowest BCUT2D eigenvalue weighted by Gasteiger charge is -2.16. The molecule has 0 aromatic heterocycles. The molecule has 0 saturated heterocycles. The van der Waals surface area contributed by atoms with E-state index in [0.29, 0.717) is 11.3 Å². The highest BCUT2D eigenvalue weighted by Crippen LogP contribution is 2.30. The second kappa shape index (κ2) is 4.52. The SMILES string of the molecule is O=C1C(=O)N(Cc2cccc(F)c2)c2ccc(F)cc21. The van der Waals surface area contributed by atoms with Crippen LogP contribution in [0.5, 0.6) is 0 Å². The Morgan fingerprint density at radius 3 is 2.45 bits per heavy atom. The number of carbonyl (C=O) groups excluding carboxylic acids is 2. The Balaban J connectivity index is 1.99. The first-order valence-electron chi connectivity index (χ1n) is 5.96. The van der Waals surface area contributed by atoms with Gasteiger partial charge in [0.2, 0.25) is 0 Å². The Bertz CT molecular complexity index is 728. The maximum atomic E-state index is 13.1. The summed E-state index contributed by atoms with van der Waals surface area (Å²) in [6, 6.07) is 9.38. The maximum absolute atomic E-state index is 13.1. The molecule has 3 nitrogen and oxygen atoms in total. The van der Waals surface area contributed by atoms with Crippen molar-refractivity contribution in [1.82, 2.24) is 0 Å². The zero-order valence-electron chi connectivity index (χ0n) is 10.3. The fourth-order valence-electron chi connectivity index (χ4n) is 2.25. The quantitative estimate of drug-likeness (QED) is 0.789. The summed E-state index contributed by atoms with van der Waals surface area (Å²) in [5.41, 5.74) is 0.959. The summed E-state index contributed by atoms with van der Waals surface area (Å²) in [6.45, 7) is 0.0704. The van der Waals surface area contributed by atoms with Gasteiger partial charge in [-0.2, -0.15) is 0 Å². The zero-order valence-corrected chi connectivity index (χ0v) is 10.3. The summed E-state index contributed by atoms with van der Waals surface area (Å²) in [4.78, 5) is 24.9. The van der Waals surface area contributed by atoms with Crippen molar-refractivity contribution >= 4 is 17.4 Å². The lowest BCUT2D eigenvalue weighted by Crippen LogP contribution is -2.29. The monoisotopic (exact) mass is 273 g/mol. The van der Waals surface area contributed by atoms with Crippen LogP contribution in [0.2, 0.25) is 0 Å². The van der Waals surface area contributed by atoms with Gasteiger partial charge in [-0.3, -0.25) is 9.59 Å². The van der Waals surface area contributed by atoms with Crippen molar-refractivity contribution in [2.24, 2.45) is 0 Å². The molecule has 0 bridgehead atoms. The topological polar surface area (TPSA) is 37.4 Å². The molecular weight excluding hydrogens is 264 g/mol. The number of amides is 1. The summed E-state index contributed by atoms with van der Waals surface area (Å²) < 4.78 is 26.3. The van der Waals surface area contributed by atoms with E-state index >= 15 is 0 Å². The van der Waals surface area contributed by atoms with Gasteiger partial charge in [-0.15, -0.1) is 0 Å². The number of ketones is 1. The zero-order chi connectivity index (χ0) is 14.3. The molecule has 1 aliphatic rings. The largest absolute Gasteiger partial charge is 0.300 e. The Kier molecular flexibility index (Phi) is 2.82. The number of anilines is 1. The first-order chi connectivity index (χ1) is 9.56. The van der Waals surface area contributed by atoms with Crippen LogP contribution in [0.3, 0.4) is 0 Å². The van der Waals surface area contributed by atoms with Gasteiger partial charge in [-0.1, -0.05) is 12.1 Å². The standard InChI is InChI=1S/C15H9F2NO2/c16-10-3-1-2-9(6-10)8-18-13-5-4-11(17)7-12(13)14(19)15(18)20/h1-7H,8H2. The second-order valence-electron chi connectivity index (χ2n) is 4.51. The van der Waals surface area contributed by atoms with E-state index in [-0.39, 0.29) is 12.1 Å². The fraction of sp³-hybridized carbons (Fsp3) is 0.0667. The van der Waals surface area contributed by atoms with E-state index in [2.05, 4.69) is 0 Å². The van der Waals surface area contributed by atoms with E-state index in [9.17, 15) is 18.4 Å². The van der Waals surface area contributed by atoms with Crippen molar-refractivity contribution in [3.05, 3.63) is 65.2 Å². The number of Topliss-reactive ketones (excluding diaryl/α,β-unsaturated/α-hetero) is 1. The molecule has 3 rings (SSSR count). The molecule has 2 aromatic rings. The first kappa shape index (κ1) is 12.5. The molecule has 0 atom stereocenters. The van der Waals surface area contributed by atoms with Gasteiger partial charge >= 0.3 is 0 Å². The molecule has 0 aliphatic carbocycles. The van der Waals surface area contributed by atoms with Gasteiger partial charge in [0.05, 0.1) is 17.8 Å². The molecule has 2 aromatic carbocycles. The van der Waals surface area contributed by atoms with Crippen LogP contribution in [0.15, 0.2) is 42.5 Å². The van der Waals surface area contributed by atoms with Crippen LogP contribution in [-0.4, -0.2) is 11.7 Å². The number of rotatable bonds is 2. The van der Waals surface area contributed by atoms with E-state index in [1.165, 1.54) is 35.2 Å². The first-order valence-corrected chi connectivity index (χ1v) is 5.96. The van der Waals surface area contributed by atoms with Crippen LogP contribution < -0.4 is 4.90 Å². The van der Waals surface area contributed by atoms with E-state index in [1.54, 1.807) is 6.07 Å². The molecule has 100 valence electrons. The van der Waals surface area contributed by atoms with E-state index in [0.717, 1.165) is 6.07 Å². The fourth-order valence-corrected chi connectivity index (χ4v) is 2.25. The van der Waals surface area contributed by atoms with Gasteiger partial charge in [0, 0.05) is 0 Å². The van der Waals surface area contributed by atoms with Gasteiger partial charge < -0.3 is 4.90 Å². The van der Waals surface area contributed by atoms with Gasteiger partial charge in [0.1, 0.15) is 11.6 Å². The highest BCUT2D eigenvalue weighted by molar-refractivity contribution is 6.52. The third-order valence-corrected chi connectivity index (χ3v) is 3.16. The molecule has 20 heavy (non-hydrogen) atoms. The Labute approximate surface area is 113 Å². The van der Waals surface area contributed by atoms with Crippen LogP contribution in [0.25, 0.3) is 0 Å². The Morgan fingerprint density at radius 1 is 0.950 bits per heavy atom. The van der Waals surface area contributed by atoms with Crippen LogP contribution >= 0.6 is 0 Å². The molecule has 0 N–H and O–H groups in total. The molecule has 0 unspecified atom stereocenters. The second-order valence-corrected chi connectivity index (χ2v) is 4.51. The van der Waals surface area contributed by atoms with Crippen LogP contribution in [0.4, 0.5) is 14.5 Å². The minimum absolute atomic E-state index is 0.0476. The van der Waals surface area contributed by atoms with Gasteiger partial charge in [0.25, 0.3) is 11.7 Å². The molecule has 1 amide bonds. The average Bonchev–Trinajstić information content (AvgIpc) is 2.64. The number of carbonyl (C=O) groups is 2. The van der Waals surface area contributed by atoms with Crippen molar-refractivity contribution in [2.75, 3.05) is 4.90 Å². The number of hydrogen-bond acceptors (Lipinski definition) is 2. The number of benzene rings is 2. The van der Waals surface area contributed by atoms with Gasteiger partial charge in [0.15, 0.2) is 0 Å². The Morgan fingerprint density at radius 2 is 1.70 bits per heavy atom. The third kappa shape index (κ3) is 1.97. The molecule has 0 fully saturated rings. The molecule has 0 saturated carbocycles. The number of fused-ring (bicyclic) bond motifs is 1. The lowest BCUT2D eigenvalue weighted by molar-refractivity contribution is -0.114. The summed E-state index contributed by atoms with van der Waals surface area (Å²) in [5.74, 6) is -2.46. The summed E-state index contributed by atoms with van der Waals surface area (Å²) in [7, 11) is 0. The minimum Gasteiger partial charge on any atom is -0.300 e. The predicted octanol–water partition coefficient (Wildman–Crippen LogP) is 2.69. The Hall–Kier alpha value is -2.56. The normalized spacial score (nSPS) is 13.8. The highest BCUT2D eigenvalue weighted by Gasteiger charge is 2.35. The van der Waals surface area contributed by atoms with Crippen LogP contribution in [0.1, 0.15) is 15.9 Å². The van der Waals surface area contributed by atoms with Gasteiger partial charge in [-0.05, 0) is 35.9 Å². The maximum Gasteiger partial charge on any atom is 0.299 e. The molecule has 1 aliphatic heterocycles. The minimum atomic E-state index is -0.740. The van der Waals surface area contributed by atoms with E-state index < -0.39 is 23.3 Å².